The summed E-state index contributed by atoms with van der Waals surface area (Å²) in [5, 5.41) is 9.37. The van der Waals surface area contributed by atoms with Gasteiger partial charge in [-0.2, -0.15) is 0 Å². The number of hydrogen-bond acceptors (Lipinski definition) is 3. The number of aliphatic hydroxyl groups excluding tert-OH is 1. The Hall–Kier alpha value is -0.700. The van der Waals surface area contributed by atoms with Crippen LogP contribution in [0.1, 0.15) is 20.3 Å². The minimum Gasteiger partial charge on any atom is -0.511 e. The molecule has 0 fully saturated rings. The molecule has 1 rings (SSSR count). The van der Waals surface area contributed by atoms with Crippen LogP contribution in [0.4, 0.5) is 0 Å². The zero-order valence-electron chi connectivity index (χ0n) is 7.20. The van der Waals surface area contributed by atoms with Crippen LogP contribution >= 0.6 is 11.8 Å². The van der Waals surface area contributed by atoms with E-state index in [1.54, 1.807) is 0 Å². The van der Waals surface area contributed by atoms with Crippen LogP contribution in [-0.4, -0.2) is 15.0 Å². The molecular formula is C9H12O2S. The zero-order chi connectivity index (χ0) is 9.19. The maximum atomic E-state index is 10.9. The van der Waals surface area contributed by atoms with Crippen LogP contribution in [0.3, 0.4) is 0 Å². The van der Waals surface area contributed by atoms with Crippen LogP contribution in [0.2, 0.25) is 0 Å². The molecule has 1 N–H and O–H groups in total. The smallest absolute Gasteiger partial charge is 0.216 e. The molecular weight excluding hydrogens is 172 g/mol. The van der Waals surface area contributed by atoms with E-state index in [-0.39, 0.29) is 10.9 Å². The zero-order valence-corrected chi connectivity index (χ0v) is 8.02. The number of carbonyl (C=O) groups is 1. The Morgan fingerprint density at radius 2 is 2.42 bits per heavy atom. The lowest BCUT2D eigenvalue weighted by atomic mass is 10.0. The minimum atomic E-state index is -0.427. The van der Waals surface area contributed by atoms with E-state index in [1.165, 1.54) is 17.8 Å². The van der Waals surface area contributed by atoms with E-state index in [9.17, 15) is 9.90 Å². The molecule has 0 radical (unpaired) electrons. The second-order valence-electron chi connectivity index (χ2n) is 2.95. The van der Waals surface area contributed by atoms with E-state index >= 15 is 0 Å². The standard InChI is InChI=1S/C9H12O2S/c1-3-4-5-9(2)7(10)6-8(11)12-9/h3-4,6,10H,5H2,1-2H3/t9-/m1/s1. The summed E-state index contributed by atoms with van der Waals surface area (Å²) >= 11 is 1.18. The fraction of sp³-hybridized carbons (Fsp3) is 0.444. The van der Waals surface area contributed by atoms with Gasteiger partial charge in [0.2, 0.25) is 5.12 Å². The maximum Gasteiger partial charge on any atom is 0.216 e. The van der Waals surface area contributed by atoms with Crippen molar-refractivity contribution in [1.29, 1.82) is 0 Å². The summed E-state index contributed by atoms with van der Waals surface area (Å²) in [7, 11) is 0. The predicted molar refractivity (Wildman–Crippen MR) is 51.1 cm³/mol. The first kappa shape index (κ1) is 9.39. The van der Waals surface area contributed by atoms with Crippen LogP contribution in [0.25, 0.3) is 0 Å². The Kier molecular flexibility index (Phi) is 2.62. The lowest BCUT2D eigenvalue weighted by molar-refractivity contribution is -0.106. The van der Waals surface area contributed by atoms with Crippen LogP contribution in [0.15, 0.2) is 24.0 Å². The van der Waals surface area contributed by atoms with Gasteiger partial charge in [0, 0.05) is 6.08 Å². The lowest BCUT2D eigenvalue weighted by Crippen LogP contribution is -2.18. The van der Waals surface area contributed by atoms with Crippen LogP contribution < -0.4 is 0 Å². The Morgan fingerprint density at radius 3 is 2.83 bits per heavy atom. The van der Waals surface area contributed by atoms with Crippen molar-refractivity contribution >= 4 is 16.9 Å². The van der Waals surface area contributed by atoms with Gasteiger partial charge in [-0.05, 0) is 20.3 Å². The van der Waals surface area contributed by atoms with Crippen LogP contribution in [0, 0.1) is 0 Å². The molecule has 0 amide bonds. The van der Waals surface area contributed by atoms with Crippen LogP contribution in [-0.2, 0) is 4.79 Å². The first-order chi connectivity index (χ1) is 5.58. The highest BCUT2D eigenvalue weighted by Gasteiger charge is 2.36. The topological polar surface area (TPSA) is 37.3 Å². The largest absolute Gasteiger partial charge is 0.511 e. The minimum absolute atomic E-state index is 0.0560. The molecule has 0 bridgehead atoms. The number of aliphatic hydroxyl groups is 1. The SMILES string of the molecule is CC=CC[C@@]1(C)SC(=O)C=C1O. The Labute approximate surface area is 76.4 Å². The number of thioether (sulfide) groups is 1. The molecule has 0 spiro atoms. The van der Waals surface area contributed by atoms with Gasteiger partial charge in [-0.1, -0.05) is 23.9 Å². The molecule has 0 aromatic carbocycles. The molecule has 0 saturated heterocycles. The van der Waals surface area contributed by atoms with Crippen molar-refractivity contribution in [3.05, 3.63) is 24.0 Å². The van der Waals surface area contributed by atoms with Gasteiger partial charge in [-0.3, -0.25) is 4.79 Å². The molecule has 1 aliphatic rings. The summed E-state index contributed by atoms with van der Waals surface area (Å²) in [6.45, 7) is 3.79. The van der Waals surface area contributed by atoms with Gasteiger partial charge in [-0.25, -0.2) is 0 Å². The Morgan fingerprint density at radius 1 is 1.75 bits per heavy atom. The maximum absolute atomic E-state index is 10.9. The first-order valence-corrected chi connectivity index (χ1v) is 4.65. The number of hydrogen-bond donors (Lipinski definition) is 1. The van der Waals surface area contributed by atoms with E-state index in [1.807, 2.05) is 26.0 Å². The van der Waals surface area contributed by atoms with Gasteiger partial charge in [0.15, 0.2) is 0 Å². The van der Waals surface area contributed by atoms with Crippen molar-refractivity contribution in [2.45, 2.75) is 25.0 Å². The fourth-order valence-corrected chi connectivity index (χ4v) is 2.01. The number of carbonyl (C=O) groups excluding carboxylic acids is 1. The van der Waals surface area contributed by atoms with E-state index in [2.05, 4.69) is 0 Å². The molecule has 0 aromatic heterocycles. The molecule has 3 heteroatoms. The average molecular weight is 184 g/mol. The monoisotopic (exact) mass is 184 g/mol. The summed E-state index contributed by atoms with van der Waals surface area (Å²) in [5.41, 5.74) is 0. The highest BCUT2D eigenvalue weighted by molar-refractivity contribution is 8.15. The summed E-state index contributed by atoms with van der Waals surface area (Å²) < 4.78 is -0.427. The number of allylic oxidation sites excluding steroid dienone is 2. The van der Waals surface area contributed by atoms with Gasteiger partial charge in [0.05, 0.1) is 4.75 Å². The van der Waals surface area contributed by atoms with Crippen molar-refractivity contribution in [2.75, 3.05) is 0 Å². The summed E-state index contributed by atoms with van der Waals surface area (Å²) in [5.74, 6) is 0.190. The molecule has 0 saturated carbocycles. The molecule has 2 nitrogen and oxygen atoms in total. The second kappa shape index (κ2) is 3.35. The third-order valence-electron chi connectivity index (χ3n) is 1.87. The summed E-state index contributed by atoms with van der Waals surface area (Å²) in [4.78, 5) is 10.9. The first-order valence-electron chi connectivity index (χ1n) is 3.84. The fourth-order valence-electron chi connectivity index (χ4n) is 1.06. The third-order valence-corrected chi connectivity index (χ3v) is 3.01. The molecule has 1 atom stereocenters. The second-order valence-corrected chi connectivity index (χ2v) is 4.46. The van der Waals surface area contributed by atoms with E-state index in [0.29, 0.717) is 6.42 Å². The Balaban J connectivity index is 2.74. The summed E-state index contributed by atoms with van der Waals surface area (Å²) in [6.07, 6.45) is 5.87. The highest BCUT2D eigenvalue weighted by Crippen LogP contribution is 2.41. The Bertz CT molecular complexity index is 255. The van der Waals surface area contributed by atoms with Gasteiger partial charge < -0.3 is 5.11 Å². The van der Waals surface area contributed by atoms with Gasteiger partial charge >= 0.3 is 0 Å². The van der Waals surface area contributed by atoms with Crippen LogP contribution in [0.5, 0.6) is 0 Å². The van der Waals surface area contributed by atoms with Crippen molar-refractivity contribution in [2.24, 2.45) is 0 Å². The van der Waals surface area contributed by atoms with E-state index in [4.69, 9.17) is 0 Å². The molecule has 0 unspecified atom stereocenters. The quantitative estimate of drug-likeness (QED) is 0.670. The predicted octanol–water partition coefficient (Wildman–Crippen LogP) is 2.43. The lowest BCUT2D eigenvalue weighted by Gasteiger charge is -2.19. The van der Waals surface area contributed by atoms with E-state index < -0.39 is 4.75 Å². The normalized spacial score (nSPS) is 29.8. The molecule has 66 valence electrons. The van der Waals surface area contributed by atoms with Crippen molar-refractivity contribution in [1.82, 2.24) is 0 Å². The van der Waals surface area contributed by atoms with Crippen molar-refractivity contribution in [3.63, 3.8) is 0 Å². The van der Waals surface area contributed by atoms with E-state index in [0.717, 1.165) is 0 Å². The molecule has 12 heavy (non-hydrogen) atoms. The van der Waals surface area contributed by atoms with Crippen molar-refractivity contribution < 1.29 is 9.90 Å². The molecule has 0 aliphatic carbocycles. The van der Waals surface area contributed by atoms with Gasteiger partial charge in [0.25, 0.3) is 0 Å². The van der Waals surface area contributed by atoms with Gasteiger partial charge in [-0.15, -0.1) is 0 Å². The van der Waals surface area contributed by atoms with Gasteiger partial charge in [0.1, 0.15) is 5.76 Å². The third kappa shape index (κ3) is 1.72. The van der Waals surface area contributed by atoms with Crippen molar-refractivity contribution in [3.8, 4) is 0 Å². The average Bonchev–Trinajstić information content (AvgIpc) is 2.23. The summed E-state index contributed by atoms with van der Waals surface area (Å²) in [6, 6.07) is 0. The molecule has 0 aromatic rings. The molecule has 1 heterocycles. The highest BCUT2D eigenvalue weighted by atomic mass is 32.2. The number of rotatable bonds is 2. The molecule has 1 aliphatic heterocycles.